The van der Waals surface area contributed by atoms with Crippen LogP contribution in [-0.2, 0) is 14.3 Å². The van der Waals surface area contributed by atoms with E-state index in [-0.39, 0.29) is 18.2 Å². The number of esters is 2. The maximum Gasteiger partial charge on any atom is 0.355 e. The quantitative estimate of drug-likeness (QED) is 0.608. The van der Waals surface area contributed by atoms with Gasteiger partial charge in [0.25, 0.3) is 5.91 Å². The smallest absolute Gasteiger partial charge is 0.355 e. The standard InChI is InChI=1S/C17H24N2O5/c1-7-19(8-10(2)3)13(20)9-24-17(22)15-11(4)14(12(5)18-15)16(21)23-6/h18H,2,7-9H2,1,3-6H3. The number of carbonyl (C=O) groups is 3. The largest absolute Gasteiger partial charge is 0.465 e. The highest BCUT2D eigenvalue weighted by Gasteiger charge is 2.24. The highest BCUT2D eigenvalue weighted by atomic mass is 16.5. The molecule has 0 fully saturated rings. The van der Waals surface area contributed by atoms with Crippen molar-refractivity contribution < 1.29 is 23.9 Å². The van der Waals surface area contributed by atoms with E-state index >= 15 is 0 Å². The Balaban J connectivity index is 2.81. The SMILES string of the molecule is C=C(C)CN(CC)C(=O)COC(=O)c1[nH]c(C)c(C(=O)OC)c1C. The van der Waals surface area contributed by atoms with Crippen LogP contribution in [0.1, 0.15) is 46.0 Å². The van der Waals surface area contributed by atoms with Crippen LogP contribution in [0.25, 0.3) is 0 Å². The van der Waals surface area contributed by atoms with E-state index in [2.05, 4.69) is 11.6 Å². The lowest BCUT2D eigenvalue weighted by Crippen LogP contribution is -2.35. The van der Waals surface area contributed by atoms with E-state index in [0.29, 0.717) is 29.9 Å². The Labute approximate surface area is 141 Å². The van der Waals surface area contributed by atoms with E-state index in [1.807, 2.05) is 13.8 Å². The van der Waals surface area contributed by atoms with E-state index in [1.54, 1.807) is 18.7 Å². The van der Waals surface area contributed by atoms with Gasteiger partial charge >= 0.3 is 11.9 Å². The molecular weight excluding hydrogens is 312 g/mol. The molecule has 0 aliphatic carbocycles. The molecule has 1 amide bonds. The number of nitrogens with one attached hydrogen (secondary N) is 1. The van der Waals surface area contributed by atoms with Gasteiger partial charge in [-0.3, -0.25) is 4.79 Å². The molecule has 1 heterocycles. The van der Waals surface area contributed by atoms with Crippen molar-refractivity contribution in [1.29, 1.82) is 0 Å². The lowest BCUT2D eigenvalue weighted by molar-refractivity contribution is -0.133. The Morgan fingerprint density at radius 3 is 2.33 bits per heavy atom. The van der Waals surface area contributed by atoms with Gasteiger partial charge in [-0.1, -0.05) is 12.2 Å². The topological polar surface area (TPSA) is 88.7 Å². The van der Waals surface area contributed by atoms with Crippen LogP contribution in [0.2, 0.25) is 0 Å². The van der Waals surface area contributed by atoms with Crippen molar-refractivity contribution in [2.75, 3.05) is 26.8 Å². The van der Waals surface area contributed by atoms with Gasteiger partial charge < -0.3 is 19.4 Å². The minimum Gasteiger partial charge on any atom is -0.465 e. The maximum atomic E-state index is 12.2. The Morgan fingerprint density at radius 2 is 1.83 bits per heavy atom. The number of aromatic amines is 1. The van der Waals surface area contributed by atoms with Crippen LogP contribution < -0.4 is 0 Å². The van der Waals surface area contributed by atoms with Gasteiger partial charge in [0.2, 0.25) is 0 Å². The zero-order valence-corrected chi connectivity index (χ0v) is 14.8. The fourth-order valence-electron chi connectivity index (χ4n) is 2.36. The Morgan fingerprint density at radius 1 is 1.21 bits per heavy atom. The van der Waals surface area contributed by atoms with Crippen molar-refractivity contribution >= 4 is 17.8 Å². The number of nitrogens with zero attached hydrogens (tertiary/aromatic N) is 1. The average Bonchev–Trinajstić information content (AvgIpc) is 2.83. The number of methoxy groups -OCH3 is 1. The fraction of sp³-hybridized carbons (Fsp3) is 0.471. The number of hydrogen-bond acceptors (Lipinski definition) is 5. The lowest BCUT2D eigenvalue weighted by atomic mass is 10.1. The van der Waals surface area contributed by atoms with Crippen molar-refractivity contribution in [2.45, 2.75) is 27.7 Å². The summed E-state index contributed by atoms with van der Waals surface area (Å²) in [5.74, 6) is -1.52. The first-order valence-corrected chi connectivity index (χ1v) is 7.59. The highest BCUT2D eigenvalue weighted by Crippen LogP contribution is 2.19. The van der Waals surface area contributed by atoms with E-state index in [1.165, 1.54) is 7.11 Å². The van der Waals surface area contributed by atoms with Crippen molar-refractivity contribution in [3.8, 4) is 0 Å². The summed E-state index contributed by atoms with van der Waals surface area (Å²) in [5, 5.41) is 0. The van der Waals surface area contributed by atoms with E-state index in [4.69, 9.17) is 9.47 Å². The predicted molar refractivity (Wildman–Crippen MR) is 89.0 cm³/mol. The van der Waals surface area contributed by atoms with Crippen molar-refractivity contribution in [2.24, 2.45) is 0 Å². The Hall–Kier alpha value is -2.57. The number of amides is 1. The summed E-state index contributed by atoms with van der Waals surface area (Å²) >= 11 is 0. The summed E-state index contributed by atoms with van der Waals surface area (Å²) in [6, 6.07) is 0. The Kier molecular flexibility index (Phi) is 6.76. The summed E-state index contributed by atoms with van der Waals surface area (Å²) in [7, 11) is 1.27. The third-order valence-electron chi connectivity index (χ3n) is 3.55. The summed E-state index contributed by atoms with van der Waals surface area (Å²) in [4.78, 5) is 40.3. The molecule has 0 bridgehead atoms. The van der Waals surface area contributed by atoms with Gasteiger partial charge in [-0.2, -0.15) is 0 Å². The monoisotopic (exact) mass is 336 g/mol. The van der Waals surface area contributed by atoms with Gasteiger partial charge in [-0.05, 0) is 33.3 Å². The first-order chi connectivity index (χ1) is 11.2. The summed E-state index contributed by atoms with van der Waals surface area (Å²) in [6.45, 7) is 11.2. The number of aromatic nitrogens is 1. The Bertz CT molecular complexity index is 660. The fourth-order valence-corrected chi connectivity index (χ4v) is 2.36. The number of aryl methyl sites for hydroxylation is 1. The summed E-state index contributed by atoms with van der Waals surface area (Å²) < 4.78 is 9.77. The molecule has 7 heteroatoms. The van der Waals surface area contributed by atoms with Crippen molar-refractivity contribution in [3.05, 3.63) is 34.7 Å². The van der Waals surface area contributed by atoms with Gasteiger partial charge in [-0.25, -0.2) is 9.59 Å². The first kappa shape index (κ1) is 19.5. The predicted octanol–water partition coefficient (Wildman–Crippen LogP) is 2.00. The van der Waals surface area contributed by atoms with Crippen LogP contribution in [0.3, 0.4) is 0 Å². The van der Waals surface area contributed by atoms with Crippen LogP contribution in [0, 0.1) is 13.8 Å². The summed E-state index contributed by atoms with van der Waals surface area (Å²) in [5.41, 5.74) is 2.23. The second-order valence-corrected chi connectivity index (χ2v) is 5.56. The molecule has 0 saturated carbocycles. The number of likely N-dealkylation sites (N-methyl/N-ethyl adjacent to an activating group) is 1. The number of ether oxygens (including phenoxy) is 2. The second kappa shape index (κ2) is 8.33. The molecule has 1 N–H and O–H groups in total. The number of rotatable bonds is 7. The minimum atomic E-state index is -0.689. The molecule has 132 valence electrons. The molecule has 1 aromatic rings. The second-order valence-electron chi connectivity index (χ2n) is 5.56. The van der Waals surface area contributed by atoms with Crippen LogP contribution >= 0.6 is 0 Å². The molecule has 0 unspecified atom stereocenters. The summed E-state index contributed by atoms with van der Waals surface area (Å²) in [6.07, 6.45) is 0. The third-order valence-corrected chi connectivity index (χ3v) is 3.55. The van der Waals surface area contributed by atoms with Crippen molar-refractivity contribution in [3.63, 3.8) is 0 Å². The number of H-pyrrole nitrogens is 1. The molecule has 0 spiro atoms. The number of carbonyl (C=O) groups excluding carboxylic acids is 3. The van der Waals surface area contributed by atoms with Gasteiger partial charge in [-0.15, -0.1) is 0 Å². The third kappa shape index (κ3) is 4.47. The van der Waals surface area contributed by atoms with Crippen LogP contribution in [-0.4, -0.2) is 54.5 Å². The van der Waals surface area contributed by atoms with Gasteiger partial charge in [0.05, 0.1) is 12.7 Å². The molecule has 24 heavy (non-hydrogen) atoms. The van der Waals surface area contributed by atoms with E-state index < -0.39 is 11.9 Å². The van der Waals surface area contributed by atoms with Crippen LogP contribution in [0.4, 0.5) is 0 Å². The average molecular weight is 336 g/mol. The first-order valence-electron chi connectivity index (χ1n) is 7.59. The zero-order chi connectivity index (χ0) is 18.4. The van der Waals surface area contributed by atoms with Gasteiger partial charge in [0, 0.05) is 18.8 Å². The molecule has 7 nitrogen and oxygen atoms in total. The molecule has 0 atom stereocenters. The van der Waals surface area contributed by atoms with Crippen LogP contribution in [0.5, 0.6) is 0 Å². The van der Waals surface area contributed by atoms with Crippen molar-refractivity contribution in [1.82, 2.24) is 9.88 Å². The molecule has 0 radical (unpaired) electrons. The highest BCUT2D eigenvalue weighted by molar-refractivity contribution is 5.99. The molecule has 1 aromatic heterocycles. The van der Waals surface area contributed by atoms with Crippen LogP contribution in [0.15, 0.2) is 12.2 Å². The number of hydrogen-bond donors (Lipinski definition) is 1. The maximum absolute atomic E-state index is 12.2. The molecule has 0 aliphatic rings. The molecule has 0 aliphatic heterocycles. The molecule has 1 rings (SSSR count). The van der Waals surface area contributed by atoms with Gasteiger partial charge in [0.15, 0.2) is 6.61 Å². The normalized spacial score (nSPS) is 10.2. The minimum absolute atomic E-state index is 0.142. The van der Waals surface area contributed by atoms with Gasteiger partial charge in [0.1, 0.15) is 5.69 Å². The molecule has 0 saturated heterocycles. The van der Waals surface area contributed by atoms with E-state index in [0.717, 1.165) is 5.57 Å². The molecular formula is C17H24N2O5. The lowest BCUT2D eigenvalue weighted by Gasteiger charge is -2.20. The zero-order valence-electron chi connectivity index (χ0n) is 14.8. The van der Waals surface area contributed by atoms with E-state index in [9.17, 15) is 14.4 Å². The molecule has 0 aromatic carbocycles.